The summed E-state index contributed by atoms with van der Waals surface area (Å²) < 4.78 is 12.2. The van der Waals surface area contributed by atoms with Crippen molar-refractivity contribution in [3.63, 3.8) is 0 Å². The molecule has 0 saturated carbocycles. The maximum absolute atomic E-state index is 9.13. The quantitative estimate of drug-likeness (QED) is 0.888. The Labute approximate surface area is 105 Å². The highest BCUT2D eigenvalue weighted by molar-refractivity contribution is 7.19. The van der Waals surface area contributed by atoms with Crippen LogP contribution in [0, 0.1) is 0 Å². The predicted octanol–water partition coefficient (Wildman–Crippen LogP) is 3.19. The Bertz CT molecular complexity index is 462. The highest BCUT2D eigenvalue weighted by atomic mass is 32.1. The van der Waals surface area contributed by atoms with Crippen molar-refractivity contribution in [2.75, 3.05) is 13.2 Å². The number of benzene rings is 1. The molecule has 0 unspecified atom stereocenters. The Kier molecular flexibility index (Phi) is 3.86. The average molecular weight is 252 g/mol. The van der Waals surface area contributed by atoms with Crippen LogP contribution in [-0.2, 0) is 6.61 Å². The molecule has 0 radical (unpaired) electrons. The molecule has 17 heavy (non-hydrogen) atoms. The fraction of sp³-hybridized carbons (Fsp3) is 0.385. The number of hydrogen-bond acceptors (Lipinski definition) is 4. The van der Waals surface area contributed by atoms with Crippen molar-refractivity contribution in [3.8, 4) is 11.5 Å². The Morgan fingerprint density at radius 2 is 1.71 bits per heavy atom. The molecule has 0 amide bonds. The zero-order valence-electron chi connectivity index (χ0n) is 10.0. The minimum Gasteiger partial charge on any atom is -0.490 e. The molecule has 0 saturated heterocycles. The summed E-state index contributed by atoms with van der Waals surface area (Å²) in [5.74, 6) is 1.54. The second kappa shape index (κ2) is 5.38. The van der Waals surface area contributed by atoms with Crippen LogP contribution < -0.4 is 9.47 Å². The summed E-state index contributed by atoms with van der Waals surface area (Å²) >= 11 is 1.58. The normalized spacial score (nSPS) is 10.8. The Morgan fingerprint density at radius 3 is 2.29 bits per heavy atom. The molecular formula is C13H16O3S. The summed E-state index contributed by atoms with van der Waals surface area (Å²) in [7, 11) is 0. The minimum atomic E-state index is 0.0767. The molecule has 3 nitrogen and oxygen atoms in total. The molecule has 0 fully saturated rings. The second-order valence-electron chi connectivity index (χ2n) is 3.57. The van der Waals surface area contributed by atoms with E-state index in [9.17, 15) is 0 Å². The van der Waals surface area contributed by atoms with Crippen LogP contribution in [0.3, 0.4) is 0 Å². The van der Waals surface area contributed by atoms with E-state index < -0.39 is 0 Å². The lowest BCUT2D eigenvalue weighted by atomic mass is 10.2. The smallest absolute Gasteiger partial charge is 0.162 e. The van der Waals surface area contributed by atoms with Crippen LogP contribution in [-0.4, -0.2) is 18.3 Å². The fourth-order valence-corrected chi connectivity index (χ4v) is 2.65. The fourth-order valence-electron chi connectivity index (χ4n) is 1.72. The first kappa shape index (κ1) is 12.2. The van der Waals surface area contributed by atoms with Crippen molar-refractivity contribution in [1.82, 2.24) is 0 Å². The molecule has 0 aliphatic heterocycles. The van der Waals surface area contributed by atoms with E-state index in [2.05, 4.69) is 0 Å². The minimum absolute atomic E-state index is 0.0767. The summed E-state index contributed by atoms with van der Waals surface area (Å²) in [6, 6.07) is 5.94. The highest BCUT2D eigenvalue weighted by Crippen LogP contribution is 2.36. The molecule has 1 N–H and O–H groups in total. The lowest BCUT2D eigenvalue weighted by Crippen LogP contribution is -1.97. The number of aliphatic hydroxyl groups excluding tert-OH is 1. The van der Waals surface area contributed by atoms with Gasteiger partial charge in [-0.2, -0.15) is 0 Å². The van der Waals surface area contributed by atoms with Gasteiger partial charge in [0, 0.05) is 15.6 Å². The molecule has 0 aliphatic rings. The summed E-state index contributed by atoms with van der Waals surface area (Å²) in [6.45, 7) is 5.21. The molecule has 1 heterocycles. The Hall–Kier alpha value is -1.26. The van der Waals surface area contributed by atoms with E-state index in [1.807, 2.05) is 32.0 Å². The number of aliphatic hydroxyl groups is 1. The summed E-state index contributed by atoms with van der Waals surface area (Å²) in [4.78, 5) is 0.955. The van der Waals surface area contributed by atoms with Crippen LogP contribution in [0.2, 0.25) is 0 Å². The molecule has 92 valence electrons. The van der Waals surface area contributed by atoms with E-state index in [0.29, 0.717) is 13.2 Å². The standard InChI is InChI=1S/C13H16O3S/c1-3-15-11-6-9-5-10(8-14)17-13(9)7-12(11)16-4-2/h5-7,14H,3-4,8H2,1-2H3. The van der Waals surface area contributed by atoms with Gasteiger partial charge in [-0.3, -0.25) is 0 Å². The van der Waals surface area contributed by atoms with Gasteiger partial charge in [0.25, 0.3) is 0 Å². The van der Waals surface area contributed by atoms with Crippen LogP contribution in [0.1, 0.15) is 18.7 Å². The molecule has 0 spiro atoms. The van der Waals surface area contributed by atoms with Gasteiger partial charge in [-0.1, -0.05) is 0 Å². The van der Waals surface area contributed by atoms with Crippen molar-refractivity contribution >= 4 is 21.4 Å². The second-order valence-corrected chi connectivity index (χ2v) is 4.74. The van der Waals surface area contributed by atoms with Crippen LogP contribution in [0.15, 0.2) is 18.2 Å². The largest absolute Gasteiger partial charge is 0.490 e. The van der Waals surface area contributed by atoms with Crippen molar-refractivity contribution in [2.45, 2.75) is 20.5 Å². The van der Waals surface area contributed by atoms with Gasteiger partial charge in [-0.25, -0.2) is 0 Å². The molecule has 4 heteroatoms. The van der Waals surface area contributed by atoms with E-state index in [4.69, 9.17) is 14.6 Å². The first-order valence-electron chi connectivity index (χ1n) is 5.71. The van der Waals surface area contributed by atoms with Crippen molar-refractivity contribution < 1.29 is 14.6 Å². The highest BCUT2D eigenvalue weighted by Gasteiger charge is 2.09. The van der Waals surface area contributed by atoms with Crippen LogP contribution in [0.4, 0.5) is 0 Å². The van der Waals surface area contributed by atoms with Gasteiger partial charge in [-0.05, 0) is 31.4 Å². The maximum Gasteiger partial charge on any atom is 0.162 e. The topological polar surface area (TPSA) is 38.7 Å². The van der Waals surface area contributed by atoms with E-state index >= 15 is 0 Å². The summed E-state index contributed by atoms with van der Waals surface area (Å²) in [5, 5.41) is 10.2. The zero-order chi connectivity index (χ0) is 12.3. The third kappa shape index (κ3) is 2.53. The van der Waals surface area contributed by atoms with Gasteiger partial charge in [-0.15, -0.1) is 11.3 Å². The van der Waals surface area contributed by atoms with Crippen molar-refractivity contribution in [1.29, 1.82) is 0 Å². The zero-order valence-corrected chi connectivity index (χ0v) is 10.8. The molecule has 0 bridgehead atoms. The number of rotatable bonds is 5. The monoisotopic (exact) mass is 252 g/mol. The van der Waals surface area contributed by atoms with Gasteiger partial charge < -0.3 is 14.6 Å². The van der Waals surface area contributed by atoms with Gasteiger partial charge in [0.1, 0.15) is 0 Å². The van der Waals surface area contributed by atoms with Crippen molar-refractivity contribution in [3.05, 3.63) is 23.1 Å². The molecule has 1 aromatic heterocycles. The average Bonchev–Trinajstić information content (AvgIpc) is 2.72. The summed E-state index contributed by atoms with van der Waals surface area (Å²) in [5.41, 5.74) is 0. The third-order valence-corrected chi connectivity index (χ3v) is 3.47. The van der Waals surface area contributed by atoms with Gasteiger partial charge >= 0.3 is 0 Å². The van der Waals surface area contributed by atoms with Crippen molar-refractivity contribution in [2.24, 2.45) is 0 Å². The van der Waals surface area contributed by atoms with Gasteiger partial charge in [0.2, 0.25) is 0 Å². The third-order valence-electron chi connectivity index (χ3n) is 2.39. The number of hydrogen-bond donors (Lipinski definition) is 1. The molecule has 2 aromatic rings. The predicted molar refractivity (Wildman–Crippen MR) is 70.1 cm³/mol. The Balaban J connectivity index is 2.48. The molecule has 1 aromatic carbocycles. The SMILES string of the molecule is CCOc1cc2cc(CO)sc2cc1OCC. The van der Waals surface area contributed by atoms with E-state index in [0.717, 1.165) is 26.5 Å². The number of thiophene rings is 1. The van der Waals surface area contributed by atoms with Crippen LogP contribution in [0.5, 0.6) is 11.5 Å². The number of ether oxygens (including phenoxy) is 2. The van der Waals surface area contributed by atoms with E-state index in [1.54, 1.807) is 11.3 Å². The first-order chi connectivity index (χ1) is 8.28. The van der Waals surface area contributed by atoms with Gasteiger partial charge in [0.05, 0.1) is 19.8 Å². The first-order valence-corrected chi connectivity index (χ1v) is 6.53. The lowest BCUT2D eigenvalue weighted by molar-refractivity contribution is 0.285. The molecule has 0 atom stereocenters. The maximum atomic E-state index is 9.13. The molecule has 0 aliphatic carbocycles. The van der Waals surface area contributed by atoms with Crippen LogP contribution in [0.25, 0.3) is 10.1 Å². The Morgan fingerprint density at radius 1 is 1.06 bits per heavy atom. The number of fused-ring (bicyclic) bond motifs is 1. The molecular weight excluding hydrogens is 236 g/mol. The lowest BCUT2D eigenvalue weighted by Gasteiger charge is -2.10. The molecule has 2 rings (SSSR count). The van der Waals surface area contributed by atoms with Gasteiger partial charge in [0.15, 0.2) is 11.5 Å². The van der Waals surface area contributed by atoms with E-state index in [1.165, 1.54) is 0 Å². The van der Waals surface area contributed by atoms with E-state index in [-0.39, 0.29) is 6.61 Å². The van der Waals surface area contributed by atoms with Crippen LogP contribution >= 0.6 is 11.3 Å². The summed E-state index contributed by atoms with van der Waals surface area (Å²) in [6.07, 6.45) is 0.